The van der Waals surface area contributed by atoms with Crippen molar-refractivity contribution in [3.05, 3.63) is 46.5 Å². The van der Waals surface area contributed by atoms with Gasteiger partial charge in [-0.1, -0.05) is 83.1 Å². The third-order valence-electron chi connectivity index (χ3n) is 11.3. The molecule has 2 heterocycles. The van der Waals surface area contributed by atoms with E-state index in [9.17, 15) is 0 Å². The van der Waals surface area contributed by atoms with Gasteiger partial charge in [0.2, 0.25) is 0 Å². The highest BCUT2D eigenvalue weighted by Crippen LogP contribution is 2.49. The number of ether oxygens (including phenoxy) is 4. The first-order valence-electron chi connectivity index (χ1n) is 17.2. The predicted molar refractivity (Wildman–Crippen MR) is 185 cm³/mol. The van der Waals surface area contributed by atoms with Crippen LogP contribution in [0.25, 0.3) is 11.1 Å². The van der Waals surface area contributed by atoms with Gasteiger partial charge < -0.3 is 18.9 Å². The van der Waals surface area contributed by atoms with E-state index in [2.05, 4.69) is 121 Å². The number of epoxide rings is 2. The van der Waals surface area contributed by atoms with Crippen molar-refractivity contribution in [2.24, 2.45) is 0 Å². The van der Waals surface area contributed by atoms with Gasteiger partial charge >= 0.3 is 0 Å². The average Bonchev–Trinajstić information content (AvgIpc) is 3.92. The molecule has 0 bridgehead atoms. The molecular weight excluding hydrogens is 544 g/mol. The van der Waals surface area contributed by atoms with E-state index in [1.165, 1.54) is 33.4 Å². The first kappa shape index (κ1) is 34.8. The second kappa shape index (κ2) is 12.0. The highest BCUT2D eigenvalue weighted by atomic mass is 16.6. The summed E-state index contributed by atoms with van der Waals surface area (Å²) in [7, 11) is 0. The van der Waals surface area contributed by atoms with Crippen LogP contribution in [0.1, 0.15) is 145 Å². The minimum atomic E-state index is -0.181. The van der Waals surface area contributed by atoms with Crippen molar-refractivity contribution < 1.29 is 18.9 Å². The Labute approximate surface area is 269 Å². The van der Waals surface area contributed by atoms with Crippen molar-refractivity contribution in [3.8, 4) is 22.6 Å². The molecule has 4 heteroatoms. The molecule has 0 saturated carbocycles. The topological polar surface area (TPSA) is 43.5 Å². The first-order valence-corrected chi connectivity index (χ1v) is 17.2. The zero-order valence-corrected chi connectivity index (χ0v) is 30.6. The van der Waals surface area contributed by atoms with Crippen LogP contribution in [0.15, 0.2) is 24.3 Å². The first-order chi connectivity index (χ1) is 20.3. The summed E-state index contributed by atoms with van der Waals surface area (Å²) >= 11 is 0. The average molecular weight is 607 g/mol. The Balaban J connectivity index is 2.02. The van der Waals surface area contributed by atoms with Crippen LogP contribution in [-0.2, 0) is 31.1 Å². The minimum absolute atomic E-state index is 0.0605. The van der Waals surface area contributed by atoms with E-state index in [0.29, 0.717) is 13.2 Å². The van der Waals surface area contributed by atoms with Crippen LogP contribution in [0.4, 0.5) is 0 Å². The van der Waals surface area contributed by atoms with Crippen LogP contribution in [0.5, 0.6) is 11.5 Å². The molecule has 246 valence electrons. The molecule has 44 heavy (non-hydrogen) atoms. The van der Waals surface area contributed by atoms with Crippen LogP contribution < -0.4 is 9.47 Å². The molecule has 2 fully saturated rings. The number of hydrogen-bond acceptors (Lipinski definition) is 4. The van der Waals surface area contributed by atoms with Gasteiger partial charge in [-0.05, 0) is 96.6 Å². The van der Waals surface area contributed by atoms with Gasteiger partial charge in [-0.15, -0.1) is 0 Å². The lowest BCUT2D eigenvalue weighted by Crippen LogP contribution is -2.26. The summed E-state index contributed by atoms with van der Waals surface area (Å²) in [6, 6.07) is 9.68. The third kappa shape index (κ3) is 7.17. The molecule has 2 unspecified atom stereocenters. The molecular formula is C40H62O4. The summed E-state index contributed by atoms with van der Waals surface area (Å²) in [6.45, 7) is 34.9. The third-order valence-corrected chi connectivity index (χ3v) is 11.3. The maximum atomic E-state index is 6.79. The lowest BCUT2D eigenvalue weighted by atomic mass is 9.72. The molecule has 2 aliphatic heterocycles. The summed E-state index contributed by atoms with van der Waals surface area (Å²) < 4.78 is 25.0. The van der Waals surface area contributed by atoms with Gasteiger partial charge in [0, 0.05) is 22.3 Å². The van der Waals surface area contributed by atoms with Crippen LogP contribution in [0, 0.1) is 0 Å². The Hall–Kier alpha value is -2.04. The number of rotatable bonds is 15. The van der Waals surface area contributed by atoms with Crippen molar-refractivity contribution in [1.29, 1.82) is 0 Å². The minimum Gasteiger partial charge on any atom is -0.490 e. The van der Waals surface area contributed by atoms with Gasteiger partial charge in [-0.25, -0.2) is 0 Å². The SMILES string of the molecule is CCC(C)(C)c1cc(-c2cc(C(C)(C)CC)c(OCC3(C)CO3)c(C(C)(C)CC)c2)cc(C(C)(C)CC)c1OCC1(C)CO1. The molecule has 0 aliphatic carbocycles. The number of benzene rings is 2. The van der Waals surface area contributed by atoms with Crippen LogP contribution >= 0.6 is 0 Å². The van der Waals surface area contributed by atoms with Crippen LogP contribution in [0.2, 0.25) is 0 Å². The van der Waals surface area contributed by atoms with Crippen molar-refractivity contribution in [3.63, 3.8) is 0 Å². The Morgan fingerprint density at radius 1 is 0.523 bits per heavy atom. The second-order valence-corrected chi connectivity index (χ2v) is 16.8. The molecule has 4 rings (SSSR count). The maximum Gasteiger partial charge on any atom is 0.126 e. The lowest BCUT2D eigenvalue weighted by Gasteiger charge is -2.35. The van der Waals surface area contributed by atoms with Crippen molar-refractivity contribution in [2.75, 3.05) is 26.4 Å². The quantitative estimate of drug-likeness (QED) is 0.189. The molecule has 4 nitrogen and oxygen atoms in total. The van der Waals surface area contributed by atoms with Gasteiger partial charge in [0.1, 0.15) is 35.9 Å². The van der Waals surface area contributed by atoms with Gasteiger partial charge in [0.15, 0.2) is 0 Å². The monoisotopic (exact) mass is 606 g/mol. The summed E-state index contributed by atoms with van der Waals surface area (Å²) in [6.07, 6.45) is 4.07. The fourth-order valence-electron chi connectivity index (χ4n) is 5.54. The zero-order valence-electron chi connectivity index (χ0n) is 30.6. The van der Waals surface area contributed by atoms with E-state index < -0.39 is 0 Å². The fourth-order valence-corrected chi connectivity index (χ4v) is 5.54. The molecule has 0 spiro atoms. The smallest absolute Gasteiger partial charge is 0.126 e. The Morgan fingerprint density at radius 2 is 0.750 bits per heavy atom. The summed E-state index contributed by atoms with van der Waals surface area (Å²) in [4.78, 5) is 0. The van der Waals surface area contributed by atoms with Gasteiger partial charge in [-0.2, -0.15) is 0 Å². The van der Waals surface area contributed by atoms with Gasteiger partial charge in [0.25, 0.3) is 0 Å². The highest BCUT2D eigenvalue weighted by Gasteiger charge is 2.43. The number of hydrogen-bond donors (Lipinski definition) is 0. The molecule has 0 radical (unpaired) electrons. The molecule has 2 saturated heterocycles. The standard InChI is InChI=1S/C40H62O4/c1-15-35(5,6)29-19-27(20-30(36(7,8)16-2)33(29)41-23-39(13)25-43-39)28-21-31(37(9,10)17-3)34(42-24-40(14)26-44-40)32(22-28)38(11,12)18-4/h19-22H,15-18,23-26H2,1-14H3. The molecule has 2 aromatic rings. The van der Waals surface area contributed by atoms with Crippen molar-refractivity contribution >= 4 is 0 Å². The Morgan fingerprint density at radius 3 is 0.932 bits per heavy atom. The predicted octanol–water partition coefficient (Wildman–Crippen LogP) is 10.4. The summed E-state index contributed by atoms with van der Waals surface area (Å²) in [5.41, 5.74) is 7.03. The Bertz CT molecular complexity index is 1160. The summed E-state index contributed by atoms with van der Waals surface area (Å²) in [5.74, 6) is 2.09. The van der Waals surface area contributed by atoms with E-state index in [1.54, 1.807) is 0 Å². The molecule has 2 atom stereocenters. The highest BCUT2D eigenvalue weighted by molar-refractivity contribution is 5.73. The van der Waals surface area contributed by atoms with Crippen molar-refractivity contribution in [2.45, 2.75) is 155 Å². The van der Waals surface area contributed by atoms with Crippen LogP contribution in [-0.4, -0.2) is 37.6 Å². The zero-order chi connectivity index (χ0) is 32.9. The largest absolute Gasteiger partial charge is 0.490 e. The maximum absolute atomic E-state index is 6.79. The van der Waals surface area contributed by atoms with E-state index >= 15 is 0 Å². The van der Waals surface area contributed by atoms with E-state index in [4.69, 9.17) is 18.9 Å². The molecule has 0 aromatic heterocycles. The molecule has 0 amide bonds. The second-order valence-electron chi connectivity index (χ2n) is 16.8. The normalized spacial score (nSPS) is 22.2. The van der Waals surface area contributed by atoms with Crippen molar-refractivity contribution in [1.82, 2.24) is 0 Å². The van der Waals surface area contributed by atoms with E-state index in [-0.39, 0.29) is 32.9 Å². The van der Waals surface area contributed by atoms with Gasteiger partial charge in [0.05, 0.1) is 13.2 Å². The molecule has 2 aliphatic rings. The lowest BCUT2D eigenvalue weighted by molar-refractivity contribution is 0.195. The summed E-state index contributed by atoms with van der Waals surface area (Å²) in [5, 5.41) is 0. The van der Waals surface area contributed by atoms with E-state index in [0.717, 1.165) is 50.4 Å². The Kier molecular flexibility index (Phi) is 9.46. The van der Waals surface area contributed by atoms with Gasteiger partial charge in [-0.3, -0.25) is 0 Å². The molecule has 2 aromatic carbocycles. The van der Waals surface area contributed by atoms with Crippen LogP contribution in [0.3, 0.4) is 0 Å². The van der Waals surface area contributed by atoms with E-state index in [1.807, 2.05) is 0 Å². The fraction of sp³-hybridized carbons (Fsp3) is 0.700. The molecule has 0 N–H and O–H groups in total.